The smallest absolute Gasteiger partial charge is 0.224 e. The van der Waals surface area contributed by atoms with E-state index in [1.807, 2.05) is 60.7 Å². The number of Topliss-reactive ketones (excluding diaryl/α,β-unsaturated/α-hetero) is 1. The molecule has 1 aliphatic heterocycles. The van der Waals surface area contributed by atoms with Crippen molar-refractivity contribution >= 4 is 22.6 Å². The molecule has 1 saturated heterocycles. The Morgan fingerprint density at radius 3 is 2.33 bits per heavy atom. The summed E-state index contributed by atoms with van der Waals surface area (Å²) < 4.78 is 0. The van der Waals surface area contributed by atoms with E-state index >= 15 is 0 Å². The van der Waals surface area contributed by atoms with Crippen molar-refractivity contribution in [1.29, 1.82) is 0 Å². The molecule has 0 aliphatic carbocycles. The number of fused-ring (bicyclic) bond motifs is 1. The van der Waals surface area contributed by atoms with Gasteiger partial charge in [0.15, 0.2) is 0 Å². The van der Waals surface area contributed by atoms with Gasteiger partial charge in [0.1, 0.15) is 5.78 Å². The first kappa shape index (κ1) is 23.9. The Labute approximate surface area is 212 Å². The van der Waals surface area contributed by atoms with Gasteiger partial charge in [-0.3, -0.25) is 14.5 Å². The van der Waals surface area contributed by atoms with Gasteiger partial charge in [-0.2, -0.15) is 0 Å². The van der Waals surface area contributed by atoms with E-state index < -0.39 is 0 Å². The van der Waals surface area contributed by atoms with E-state index in [0.717, 1.165) is 51.8 Å². The maximum atomic E-state index is 13.5. The third-order valence-electron chi connectivity index (χ3n) is 6.93. The molecule has 2 heterocycles. The molecule has 0 radical (unpaired) electrons. The van der Waals surface area contributed by atoms with Gasteiger partial charge < -0.3 is 5.32 Å². The zero-order chi connectivity index (χ0) is 24.9. The number of para-hydroxylation sites is 1. The number of nitrogens with zero attached hydrogens (tertiary/aromatic N) is 2. The fraction of sp³-hybridized carbons (Fsp3) is 0.258. The van der Waals surface area contributed by atoms with Gasteiger partial charge in [0, 0.05) is 30.5 Å². The Kier molecular flexibility index (Phi) is 7.19. The van der Waals surface area contributed by atoms with Crippen LogP contribution in [0.3, 0.4) is 0 Å². The van der Waals surface area contributed by atoms with Crippen molar-refractivity contribution in [2.45, 2.75) is 38.8 Å². The van der Waals surface area contributed by atoms with Crippen LogP contribution in [0, 0.1) is 0 Å². The minimum Gasteiger partial charge on any atom is -0.349 e. The molecule has 1 aliphatic rings. The molecular weight excluding hydrogens is 446 g/mol. The molecule has 1 amide bonds. The average Bonchev–Trinajstić information content (AvgIpc) is 3.33. The maximum Gasteiger partial charge on any atom is 0.224 e. The molecule has 1 N–H and O–H groups in total. The van der Waals surface area contributed by atoms with Gasteiger partial charge in [0.05, 0.1) is 30.2 Å². The Balaban J connectivity index is 1.57. The zero-order valence-electron chi connectivity index (χ0n) is 20.6. The number of ketones is 1. The largest absolute Gasteiger partial charge is 0.349 e. The molecular formula is C31H31N3O2. The highest BCUT2D eigenvalue weighted by atomic mass is 16.1. The van der Waals surface area contributed by atoms with Crippen LogP contribution in [0.2, 0.25) is 0 Å². The van der Waals surface area contributed by atoms with Crippen LogP contribution in [0.4, 0.5) is 0 Å². The third kappa shape index (κ3) is 5.21. The molecule has 5 nitrogen and oxygen atoms in total. The van der Waals surface area contributed by atoms with E-state index in [0.29, 0.717) is 19.5 Å². The number of hydrogen-bond donors (Lipinski definition) is 1. The van der Waals surface area contributed by atoms with E-state index in [4.69, 9.17) is 4.98 Å². The predicted molar refractivity (Wildman–Crippen MR) is 143 cm³/mol. The number of nitrogens with one attached hydrogen (secondary N) is 1. The first-order valence-corrected chi connectivity index (χ1v) is 12.7. The molecule has 0 bridgehead atoms. The van der Waals surface area contributed by atoms with Gasteiger partial charge in [-0.1, -0.05) is 85.8 Å². The number of amides is 1. The molecule has 5 rings (SSSR count). The molecule has 5 heteroatoms. The Hall–Kier alpha value is -3.83. The Morgan fingerprint density at radius 2 is 1.64 bits per heavy atom. The number of benzene rings is 3. The van der Waals surface area contributed by atoms with Crippen molar-refractivity contribution in [3.8, 4) is 11.3 Å². The lowest BCUT2D eigenvalue weighted by atomic mass is 9.93. The van der Waals surface area contributed by atoms with Crippen LogP contribution < -0.4 is 5.32 Å². The molecule has 1 fully saturated rings. The average molecular weight is 478 g/mol. The first-order valence-electron chi connectivity index (χ1n) is 12.7. The monoisotopic (exact) mass is 477 g/mol. The summed E-state index contributed by atoms with van der Waals surface area (Å²) in [5.74, 6) is 0.248. The fourth-order valence-corrected chi connectivity index (χ4v) is 5.09. The van der Waals surface area contributed by atoms with Gasteiger partial charge in [-0.15, -0.1) is 0 Å². The molecule has 36 heavy (non-hydrogen) atoms. The quantitative estimate of drug-likeness (QED) is 0.365. The third-order valence-corrected chi connectivity index (χ3v) is 6.93. The van der Waals surface area contributed by atoms with Gasteiger partial charge in [0.2, 0.25) is 5.91 Å². The van der Waals surface area contributed by atoms with Crippen LogP contribution in [-0.4, -0.2) is 34.7 Å². The molecule has 0 spiro atoms. The summed E-state index contributed by atoms with van der Waals surface area (Å²) in [5, 5.41) is 4.24. The Bertz CT molecular complexity index is 1370. The van der Waals surface area contributed by atoms with Crippen LogP contribution in [0.1, 0.15) is 42.5 Å². The van der Waals surface area contributed by atoms with Gasteiger partial charge >= 0.3 is 0 Å². The van der Waals surface area contributed by atoms with E-state index in [2.05, 4.69) is 41.4 Å². The first-order chi connectivity index (χ1) is 17.6. The van der Waals surface area contributed by atoms with Crippen molar-refractivity contribution < 1.29 is 9.59 Å². The normalized spacial score (nSPS) is 14.8. The van der Waals surface area contributed by atoms with E-state index in [9.17, 15) is 9.59 Å². The summed E-state index contributed by atoms with van der Waals surface area (Å²) in [4.78, 5) is 32.8. The second-order valence-corrected chi connectivity index (χ2v) is 9.42. The van der Waals surface area contributed by atoms with Crippen molar-refractivity contribution in [3.05, 3.63) is 102 Å². The van der Waals surface area contributed by atoms with Crippen molar-refractivity contribution in [2.24, 2.45) is 0 Å². The lowest BCUT2D eigenvalue weighted by Crippen LogP contribution is -2.30. The topological polar surface area (TPSA) is 62.3 Å². The highest BCUT2D eigenvalue weighted by Crippen LogP contribution is 2.32. The predicted octanol–water partition coefficient (Wildman–Crippen LogP) is 5.49. The summed E-state index contributed by atoms with van der Waals surface area (Å²) in [7, 11) is 0. The summed E-state index contributed by atoms with van der Waals surface area (Å²) >= 11 is 0. The molecule has 182 valence electrons. The standard InChI is InChI=1S/C31H31N3O2/c1-2-28(22-11-5-3-6-12-22)32-30(36)19-26-25-15-9-10-16-29(25)33-31(23-13-7-4-8-14-23)27(26)21-34-18-17-24(35)20-34/h3-16,28H,2,17-21H2,1H3,(H,32,36)/t28-/m0/s1. The molecule has 1 aromatic heterocycles. The van der Waals surface area contributed by atoms with E-state index in [-0.39, 0.29) is 24.2 Å². The lowest BCUT2D eigenvalue weighted by molar-refractivity contribution is -0.121. The summed E-state index contributed by atoms with van der Waals surface area (Å²) in [5.41, 5.74) is 5.88. The number of aromatic nitrogens is 1. The van der Waals surface area contributed by atoms with Gasteiger partial charge in [0.25, 0.3) is 0 Å². The highest BCUT2D eigenvalue weighted by molar-refractivity contribution is 5.92. The number of carbonyl (C=O) groups is 2. The SMILES string of the molecule is CC[C@H](NC(=O)Cc1c(CN2CCC(=O)C2)c(-c2ccccc2)nc2ccccc12)c1ccccc1. The van der Waals surface area contributed by atoms with Crippen LogP contribution in [0.25, 0.3) is 22.2 Å². The van der Waals surface area contributed by atoms with Crippen molar-refractivity contribution in [3.63, 3.8) is 0 Å². The number of pyridine rings is 1. The minimum atomic E-state index is -0.0416. The van der Waals surface area contributed by atoms with Gasteiger partial charge in [-0.25, -0.2) is 4.98 Å². The van der Waals surface area contributed by atoms with Crippen LogP contribution in [-0.2, 0) is 22.6 Å². The fourth-order valence-electron chi connectivity index (χ4n) is 5.09. The van der Waals surface area contributed by atoms with Crippen LogP contribution in [0.15, 0.2) is 84.9 Å². The summed E-state index contributed by atoms with van der Waals surface area (Å²) in [6.07, 6.45) is 1.64. The molecule has 1 atom stereocenters. The number of carbonyl (C=O) groups excluding carboxylic acids is 2. The molecule has 0 unspecified atom stereocenters. The zero-order valence-corrected chi connectivity index (χ0v) is 20.6. The molecule has 3 aromatic carbocycles. The summed E-state index contributed by atoms with van der Waals surface area (Å²) in [6.45, 7) is 3.85. The number of rotatable bonds is 8. The highest BCUT2D eigenvalue weighted by Gasteiger charge is 2.25. The lowest BCUT2D eigenvalue weighted by Gasteiger charge is -2.23. The maximum absolute atomic E-state index is 13.5. The number of hydrogen-bond acceptors (Lipinski definition) is 4. The van der Waals surface area contributed by atoms with Crippen LogP contribution in [0.5, 0.6) is 0 Å². The Morgan fingerprint density at radius 1 is 0.944 bits per heavy atom. The van der Waals surface area contributed by atoms with E-state index in [1.165, 1.54) is 0 Å². The van der Waals surface area contributed by atoms with Crippen molar-refractivity contribution in [2.75, 3.05) is 13.1 Å². The second-order valence-electron chi connectivity index (χ2n) is 9.42. The van der Waals surface area contributed by atoms with E-state index in [1.54, 1.807) is 0 Å². The van der Waals surface area contributed by atoms with Crippen LogP contribution >= 0.6 is 0 Å². The minimum absolute atomic E-state index is 0.0141. The second kappa shape index (κ2) is 10.8. The molecule has 0 saturated carbocycles. The molecule has 4 aromatic rings. The summed E-state index contributed by atoms with van der Waals surface area (Å²) in [6, 6.07) is 28.2. The van der Waals surface area contributed by atoms with Gasteiger partial charge in [-0.05, 0) is 29.2 Å². The van der Waals surface area contributed by atoms with Crippen molar-refractivity contribution in [1.82, 2.24) is 15.2 Å². The number of likely N-dealkylation sites (tertiary alicyclic amines) is 1.